The van der Waals surface area contributed by atoms with Gasteiger partial charge in [-0.1, -0.05) is 42.5 Å². The van der Waals surface area contributed by atoms with E-state index in [-0.39, 0.29) is 6.10 Å². The third-order valence-electron chi connectivity index (χ3n) is 4.56. The highest BCUT2D eigenvalue weighted by atomic mass is 16.5. The first kappa shape index (κ1) is 17.0. The molecule has 128 valence electrons. The highest BCUT2D eigenvalue weighted by Gasteiger charge is 2.34. The topological polar surface area (TPSA) is 32.7 Å². The fourth-order valence-electron chi connectivity index (χ4n) is 3.45. The molecule has 2 aromatic rings. The number of nitrogens with zero attached hydrogens (tertiary/aromatic N) is 1. The summed E-state index contributed by atoms with van der Waals surface area (Å²) in [6, 6.07) is 18.4. The summed E-state index contributed by atoms with van der Waals surface area (Å²) in [5.41, 5.74) is 1.50. The molecule has 1 aliphatic rings. The Balaban J connectivity index is 1.69. The predicted octanol–water partition coefficient (Wildman–Crippen LogP) is 3.96. The molecule has 1 atom stereocenters. The van der Waals surface area contributed by atoms with Crippen molar-refractivity contribution in [2.24, 2.45) is 0 Å². The molecule has 1 aliphatic heterocycles. The van der Waals surface area contributed by atoms with Gasteiger partial charge >= 0.3 is 0 Å². The zero-order valence-electron chi connectivity index (χ0n) is 14.6. The molecule has 2 aromatic carbocycles. The minimum atomic E-state index is -0.774. The molecular formula is C21H27NO2. The van der Waals surface area contributed by atoms with Crippen LogP contribution in [0.3, 0.4) is 0 Å². The van der Waals surface area contributed by atoms with Gasteiger partial charge in [0, 0.05) is 13.1 Å². The molecule has 0 amide bonds. The maximum absolute atomic E-state index is 11.2. The zero-order valence-corrected chi connectivity index (χ0v) is 14.6. The summed E-state index contributed by atoms with van der Waals surface area (Å²) in [6.07, 6.45) is 1.98. The Morgan fingerprint density at radius 3 is 2.46 bits per heavy atom. The van der Waals surface area contributed by atoms with Crippen molar-refractivity contribution >= 4 is 0 Å². The van der Waals surface area contributed by atoms with Gasteiger partial charge in [0.25, 0.3) is 0 Å². The molecule has 0 aliphatic carbocycles. The molecule has 0 aromatic heterocycles. The Hall–Kier alpha value is -1.84. The summed E-state index contributed by atoms with van der Waals surface area (Å²) in [6.45, 7) is 6.63. The van der Waals surface area contributed by atoms with E-state index in [1.54, 1.807) is 0 Å². The van der Waals surface area contributed by atoms with Gasteiger partial charge in [-0.15, -0.1) is 0 Å². The number of benzene rings is 2. The van der Waals surface area contributed by atoms with Gasteiger partial charge in [0.2, 0.25) is 0 Å². The van der Waals surface area contributed by atoms with Crippen molar-refractivity contribution in [3.05, 3.63) is 65.7 Å². The van der Waals surface area contributed by atoms with Gasteiger partial charge in [0.1, 0.15) is 11.4 Å². The molecular weight excluding hydrogens is 298 g/mol. The lowest BCUT2D eigenvalue weighted by Gasteiger charge is -2.39. The van der Waals surface area contributed by atoms with E-state index < -0.39 is 5.60 Å². The fourth-order valence-corrected chi connectivity index (χ4v) is 3.45. The average Bonchev–Trinajstić information content (AvgIpc) is 2.56. The Labute approximate surface area is 144 Å². The standard InChI is InChI=1S/C21H27NO2/c1-17(2)24-20-11-9-19(10-12-20)21(23)13-6-14-22(16-21)15-18-7-4-3-5-8-18/h3-5,7-12,17,23H,6,13-16H2,1-2H3. The summed E-state index contributed by atoms with van der Waals surface area (Å²) < 4.78 is 5.70. The van der Waals surface area contributed by atoms with Crippen molar-refractivity contribution in [3.63, 3.8) is 0 Å². The van der Waals surface area contributed by atoms with E-state index in [4.69, 9.17) is 4.74 Å². The van der Waals surface area contributed by atoms with Crippen LogP contribution in [0.15, 0.2) is 54.6 Å². The van der Waals surface area contributed by atoms with Crippen LogP contribution in [-0.4, -0.2) is 29.2 Å². The summed E-state index contributed by atoms with van der Waals surface area (Å²) in [7, 11) is 0. The number of rotatable bonds is 5. The first-order valence-electron chi connectivity index (χ1n) is 8.81. The maximum atomic E-state index is 11.2. The van der Waals surface area contributed by atoms with Crippen LogP contribution < -0.4 is 4.74 Å². The first-order chi connectivity index (χ1) is 11.5. The summed E-state index contributed by atoms with van der Waals surface area (Å²) in [5.74, 6) is 0.856. The molecule has 1 N–H and O–H groups in total. The number of hydrogen-bond donors (Lipinski definition) is 1. The lowest BCUT2D eigenvalue weighted by molar-refractivity contribution is -0.0381. The van der Waals surface area contributed by atoms with E-state index in [1.807, 2.05) is 44.2 Å². The van der Waals surface area contributed by atoms with Crippen LogP contribution in [0.4, 0.5) is 0 Å². The summed E-state index contributed by atoms with van der Waals surface area (Å²) in [4.78, 5) is 2.34. The average molecular weight is 325 g/mol. The van der Waals surface area contributed by atoms with E-state index in [0.29, 0.717) is 6.54 Å². The lowest BCUT2D eigenvalue weighted by atomic mass is 9.85. The molecule has 0 bridgehead atoms. The summed E-state index contributed by atoms with van der Waals surface area (Å²) in [5, 5.41) is 11.2. The van der Waals surface area contributed by atoms with Crippen LogP contribution in [0.25, 0.3) is 0 Å². The lowest BCUT2D eigenvalue weighted by Crippen LogP contribution is -2.45. The van der Waals surface area contributed by atoms with E-state index in [1.165, 1.54) is 5.56 Å². The second-order valence-corrected chi connectivity index (χ2v) is 7.02. The Morgan fingerprint density at radius 2 is 1.79 bits per heavy atom. The van der Waals surface area contributed by atoms with Gasteiger partial charge in [0.05, 0.1) is 6.10 Å². The van der Waals surface area contributed by atoms with E-state index in [9.17, 15) is 5.11 Å². The molecule has 3 heteroatoms. The highest BCUT2D eigenvalue weighted by molar-refractivity contribution is 5.31. The molecule has 0 saturated carbocycles. The molecule has 0 radical (unpaired) electrons. The van der Waals surface area contributed by atoms with Crippen LogP contribution >= 0.6 is 0 Å². The number of piperidine rings is 1. The van der Waals surface area contributed by atoms with Crippen LogP contribution in [-0.2, 0) is 12.1 Å². The normalized spacial score (nSPS) is 21.8. The highest BCUT2D eigenvalue weighted by Crippen LogP contribution is 2.33. The van der Waals surface area contributed by atoms with Gasteiger partial charge in [-0.3, -0.25) is 4.90 Å². The number of likely N-dealkylation sites (tertiary alicyclic amines) is 1. The largest absolute Gasteiger partial charge is 0.491 e. The van der Waals surface area contributed by atoms with Crippen molar-refractivity contribution in [2.75, 3.05) is 13.1 Å². The number of hydrogen-bond acceptors (Lipinski definition) is 3. The van der Waals surface area contributed by atoms with Crippen molar-refractivity contribution < 1.29 is 9.84 Å². The Morgan fingerprint density at radius 1 is 1.08 bits per heavy atom. The molecule has 0 spiro atoms. The second kappa shape index (κ2) is 7.37. The summed E-state index contributed by atoms with van der Waals surface area (Å²) >= 11 is 0. The monoisotopic (exact) mass is 325 g/mol. The van der Waals surface area contributed by atoms with Gasteiger partial charge in [-0.05, 0) is 56.5 Å². The quantitative estimate of drug-likeness (QED) is 0.903. The molecule has 24 heavy (non-hydrogen) atoms. The SMILES string of the molecule is CC(C)Oc1ccc(C2(O)CCCN(Cc3ccccc3)C2)cc1. The van der Waals surface area contributed by atoms with Crippen LogP contribution in [0, 0.1) is 0 Å². The van der Waals surface area contributed by atoms with Gasteiger partial charge < -0.3 is 9.84 Å². The van der Waals surface area contributed by atoms with Gasteiger partial charge in [-0.2, -0.15) is 0 Å². The van der Waals surface area contributed by atoms with E-state index >= 15 is 0 Å². The number of aliphatic hydroxyl groups is 1. The number of ether oxygens (including phenoxy) is 1. The maximum Gasteiger partial charge on any atom is 0.119 e. The molecule has 1 fully saturated rings. The van der Waals surface area contributed by atoms with Crippen molar-refractivity contribution in [2.45, 2.75) is 44.9 Å². The van der Waals surface area contributed by atoms with Crippen molar-refractivity contribution in [1.29, 1.82) is 0 Å². The van der Waals surface area contributed by atoms with Crippen molar-refractivity contribution in [3.8, 4) is 5.75 Å². The van der Waals surface area contributed by atoms with Gasteiger partial charge in [0.15, 0.2) is 0 Å². The minimum Gasteiger partial charge on any atom is -0.491 e. The van der Waals surface area contributed by atoms with Crippen molar-refractivity contribution in [1.82, 2.24) is 4.90 Å². The van der Waals surface area contributed by atoms with Crippen LogP contribution in [0.1, 0.15) is 37.8 Å². The van der Waals surface area contributed by atoms with Crippen LogP contribution in [0.2, 0.25) is 0 Å². The molecule has 3 rings (SSSR count). The number of β-amino-alcohol motifs (C(OH)–C–C–N with tert-alkyl or cyclic N) is 1. The predicted molar refractivity (Wildman–Crippen MR) is 97.1 cm³/mol. The third-order valence-corrected chi connectivity index (χ3v) is 4.56. The molecule has 1 heterocycles. The Kier molecular flexibility index (Phi) is 5.22. The minimum absolute atomic E-state index is 0.162. The second-order valence-electron chi connectivity index (χ2n) is 7.02. The molecule has 1 unspecified atom stereocenters. The smallest absolute Gasteiger partial charge is 0.119 e. The Bertz CT molecular complexity index is 639. The first-order valence-corrected chi connectivity index (χ1v) is 8.81. The zero-order chi connectivity index (χ0) is 17.0. The molecule has 1 saturated heterocycles. The van der Waals surface area contributed by atoms with E-state index in [0.717, 1.165) is 37.2 Å². The fraction of sp³-hybridized carbons (Fsp3) is 0.429. The molecule has 3 nitrogen and oxygen atoms in total. The van der Waals surface area contributed by atoms with E-state index in [2.05, 4.69) is 29.2 Å². The van der Waals surface area contributed by atoms with Crippen LogP contribution in [0.5, 0.6) is 5.75 Å². The van der Waals surface area contributed by atoms with Gasteiger partial charge in [-0.25, -0.2) is 0 Å². The third kappa shape index (κ3) is 4.16.